The molecular weight excluding hydrogens is 190 g/mol. The number of nitrogens with one attached hydrogen (secondary N) is 1. The van der Waals surface area contributed by atoms with Crippen LogP contribution in [0.4, 0.5) is 5.69 Å². The zero-order valence-electron chi connectivity index (χ0n) is 8.64. The van der Waals surface area contributed by atoms with Crippen LogP contribution >= 0.6 is 0 Å². The minimum atomic E-state index is -0.563. The van der Waals surface area contributed by atoms with E-state index in [2.05, 4.69) is 11.4 Å². The van der Waals surface area contributed by atoms with Crippen LogP contribution in [0.5, 0.6) is 0 Å². The van der Waals surface area contributed by atoms with Crippen molar-refractivity contribution in [3.63, 3.8) is 0 Å². The SMILES string of the molecule is CC(O)C(N)CNc1ccccc1C#N. The molecule has 4 heteroatoms. The van der Waals surface area contributed by atoms with E-state index in [-0.39, 0.29) is 6.04 Å². The average Bonchev–Trinajstić information content (AvgIpc) is 2.26. The third-order valence-electron chi connectivity index (χ3n) is 2.20. The maximum atomic E-state index is 9.20. The Hall–Kier alpha value is -1.57. The largest absolute Gasteiger partial charge is 0.392 e. The molecule has 1 aromatic carbocycles. The molecule has 0 aliphatic carbocycles. The zero-order valence-corrected chi connectivity index (χ0v) is 8.64. The number of hydrogen-bond acceptors (Lipinski definition) is 4. The van der Waals surface area contributed by atoms with Gasteiger partial charge in [0.1, 0.15) is 6.07 Å². The van der Waals surface area contributed by atoms with Gasteiger partial charge in [-0.15, -0.1) is 0 Å². The lowest BCUT2D eigenvalue weighted by molar-refractivity contribution is 0.168. The van der Waals surface area contributed by atoms with Gasteiger partial charge in [-0.25, -0.2) is 0 Å². The summed E-state index contributed by atoms with van der Waals surface area (Å²) in [5, 5.41) is 21.1. The van der Waals surface area contributed by atoms with E-state index < -0.39 is 6.10 Å². The summed E-state index contributed by atoms with van der Waals surface area (Å²) in [5.41, 5.74) is 6.99. The van der Waals surface area contributed by atoms with Crippen LogP contribution in [-0.2, 0) is 0 Å². The fourth-order valence-electron chi connectivity index (χ4n) is 1.13. The molecule has 0 saturated heterocycles. The van der Waals surface area contributed by atoms with Crippen molar-refractivity contribution in [3.05, 3.63) is 29.8 Å². The lowest BCUT2D eigenvalue weighted by Crippen LogP contribution is -2.38. The minimum absolute atomic E-state index is 0.336. The Morgan fingerprint density at radius 1 is 1.53 bits per heavy atom. The second kappa shape index (κ2) is 5.35. The van der Waals surface area contributed by atoms with Gasteiger partial charge in [-0.1, -0.05) is 12.1 Å². The molecule has 0 aliphatic heterocycles. The summed E-state index contributed by atoms with van der Waals surface area (Å²) in [6.07, 6.45) is -0.563. The Kier molecular flexibility index (Phi) is 4.10. The molecule has 0 bridgehead atoms. The van der Waals surface area contributed by atoms with E-state index in [1.54, 1.807) is 19.1 Å². The molecule has 1 rings (SSSR count). The third-order valence-corrected chi connectivity index (χ3v) is 2.20. The number of nitrogens with zero attached hydrogens (tertiary/aromatic N) is 1. The fraction of sp³-hybridized carbons (Fsp3) is 0.364. The number of benzene rings is 1. The highest BCUT2D eigenvalue weighted by atomic mass is 16.3. The zero-order chi connectivity index (χ0) is 11.3. The molecule has 0 fully saturated rings. The van der Waals surface area contributed by atoms with E-state index in [9.17, 15) is 5.11 Å². The first kappa shape index (κ1) is 11.5. The quantitative estimate of drug-likeness (QED) is 0.675. The number of anilines is 1. The van der Waals surface area contributed by atoms with Gasteiger partial charge < -0.3 is 16.2 Å². The summed E-state index contributed by atoms with van der Waals surface area (Å²) in [5.74, 6) is 0. The number of aliphatic hydroxyl groups excluding tert-OH is 1. The van der Waals surface area contributed by atoms with Crippen molar-refractivity contribution in [2.24, 2.45) is 5.73 Å². The third kappa shape index (κ3) is 3.24. The van der Waals surface area contributed by atoms with Crippen molar-refractivity contribution in [2.45, 2.75) is 19.1 Å². The molecule has 0 radical (unpaired) electrons. The molecule has 2 atom stereocenters. The standard InChI is InChI=1S/C11H15N3O/c1-8(15)10(13)7-14-11-5-3-2-4-9(11)6-12/h2-5,8,10,14-15H,7,13H2,1H3. The van der Waals surface area contributed by atoms with Crippen molar-refractivity contribution in [1.82, 2.24) is 0 Å². The maximum Gasteiger partial charge on any atom is 0.101 e. The van der Waals surface area contributed by atoms with Crippen LogP contribution in [0.2, 0.25) is 0 Å². The summed E-state index contributed by atoms with van der Waals surface area (Å²) in [6.45, 7) is 2.08. The van der Waals surface area contributed by atoms with Crippen molar-refractivity contribution in [2.75, 3.05) is 11.9 Å². The lowest BCUT2D eigenvalue weighted by atomic mass is 10.1. The van der Waals surface area contributed by atoms with Gasteiger partial charge in [-0.2, -0.15) is 5.26 Å². The summed E-state index contributed by atoms with van der Waals surface area (Å²) < 4.78 is 0. The van der Waals surface area contributed by atoms with Crippen LogP contribution in [0.3, 0.4) is 0 Å². The number of para-hydroxylation sites is 1. The fourth-order valence-corrected chi connectivity index (χ4v) is 1.13. The van der Waals surface area contributed by atoms with Crippen LogP contribution in [0, 0.1) is 11.3 Å². The van der Waals surface area contributed by atoms with Gasteiger partial charge in [0, 0.05) is 12.6 Å². The van der Waals surface area contributed by atoms with Crippen LogP contribution < -0.4 is 11.1 Å². The van der Waals surface area contributed by atoms with Gasteiger partial charge in [-0.05, 0) is 19.1 Å². The van der Waals surface area contributed by atoms with Crippen LogP contribution in [-0.4, -0.2) is 23.8 Å². The summed E-state index contributed by atoms with van der Waals surface area (Å²) in [7, 11) is 0. The summed E-state index contributed by atoms with van der Waals surface area (Å²) >= 11 is 0. The highest BCUT2D eigenvalue weighted by molar-refractivity contribution is 5.57. The molecule has 0 spiro atoms. The molecule has 0 aliphatic rings. The first-order valence-electron chi connectivity index (χ1n) is 4.81. The average molecular weight is 205 g/mol. The van der Waals surface area contributed by atoms with Gasteiger partial charge >= 0.3 is 0 Å². The number of aliphatic hydroxyl groups is 1. The molecule has 2 unspecified atom stereocenters. The van der Waals surface area contributed by atoms with Crippen molar-refractivity contribution in [3.8, 4) is 6.07 Å². The van der Waals surface area contributed by atoms with Gasteiger partial charge in [0.05, 0.1) is 17.4 Å². The molecule has 80 valence electrons. The Balaban J connectivity index is 2.62. The van der Waals surface area contributed by atoms with Crippen LogP contribution in [0.25, 0.3) is 0 Å². The Labute approximate surface area is 89.3 Å². The Morgan fingerprint density at radius 3 is 2.80 bits per heavy atom. The molecular formula is C11H15N3O. The van der Waals surface area contributed by atoms with Crippen LogP contribution in [0.1, 0.15) is 12.5 Å². The monoisotopic (exact) mass is 205 g/mol. The van der Waals surface area contributed by atoms with E-state index in [1.165, 1.54) is 0 Å². The molecule has 15 heavy (non-hydrogen) atoms. The second-order valence-electron chi connectivity index (χ2n) is 3.44. The normalized spacial score (nSPS) is 14.0. The molecule has 0 amide bonds. The Morgan fingerprint density at radius 2 is 2.20 bits per heavy atom. The predicted octanol–water partition coefficient (Wildman–Crippen LogP) is 0.678. The Bertz CT molecular complexity index is 357. The summed E-state index contributed by atoms with van der Waals surface area (Å²) in [6, 6.07) is 8.94. The lowest BCUT2D eigenvalue weighted by Gasteiger charge is -2.16. The molecule has 1 aromatic rings. The molecule has 0 heterocycles. The van der Waals surface area contributed by atoms with E-state index in [1.807, 2.05) is 12.1 Å². The number of hydrogen-bond donors (Lipinski definition) is 3. The topological polar surface area (TPSA) is 82.1 Å². The first-order valence-corrected chi connectivity index (χ1v) is 4.81. The van der Waals surface area contributed by atoms with Crippen molar-refractivity contribution in [1.29, 1.82) is 5.26 Å². The van der Waals surface area contributed by atoms with E-state index >= 15 is 0 Å². The van der Waals surface area contributed by atoms with Crippen molar-refractivity contribution < 1.29 is 5.11 Å². The highest BCUT2D eigenvalue weighted by Gasteiger charge is 2.09. The number of rotatable bonds is 4. The smallest absolute Gasteiger partial charge is 0.101 e. The van der Waals surface area contributed by atoms with Gasteiger partial charge in [0.25, 0.3) is 0 Å². The number of nitrogens with two attached hydrogens (primary N) is 1. The predicted molar refractivity (Wildman–Crippen MR) is 59.3 cm³/mol. The molecule has 4 N–H and O–H groups in total. The van der Waals surface area contributed by atoms with E-state index in [0.717, 1.165) is 5.69 Å². The minimum Gasteiger partial charge on any atom is -0.392 e. The van der Waals surface area contributed by atoms with Gasteiger partial charge in [0.2, 0.25) is 0 Å². The molecule has 4 nitrogen and oxygen atoms in total. The van der Waals surface area contributed by atoms with E-state index in [4.69, 9.17) is 11.0 Å². The van der Waals surface area contributed by atoms with Gasteiger partial charge in [0.15, 0.2) is 0 Å². The molecule has 0 aromatic heterocycles. The second-order valence-corrected chi connectivity index (χ2v) is 3.44. The summed E-state index contributed by atoms with van der Waals surface area (Å²) in [4.78, 5) is 0. The first-order chi connectivity index (χ1) is 7.15. The van der Waals surface area contributed by atoms with Gasteiger partial charge in [-0.3, -0.25) is 0 Å². The van der Waals surface area contributed by atoms with Crippen LogP contribution in [0.15, 0.2) is 24.3 Å². The van der Waals surface area contributed by atoms with Crippen molar-refractivity contribution >= 4 is 5.69 Å². The van der Waals surface area contributed by atoms with E-state index in [0.29, 0.717) is 12.1 Å². The highest BCUT2D eigenvalue weighted by Crippen LogP contribution is 2.13. The number of nitriles is 1. The maximum absolute atomic E-state index is 9.20. The molecule has 0 saturated carbocycles.